The highest BCUT2D eigenvalue weighted by Gasteiger charge is 2.17. The summed E-state index contributed by atoms with van der Waals surface area (Å²) in [6, 6.07) is 7.76. The van der Waals surface area contributed by atoms with Crippen LogP contribution in [0.2, 0.25) is 0 Å². The van der Waals surface area contributed by atoms with Crippen molar-refractivity contribution in [1.82, 2.24) is 4.98 Å². The summed E-state index contributed by atoms with van der Waals surface area (Å²) in [7, 11) is 0. The molecule has 2 heterocycles. The van der Waals surface area contributed by atoms with Crippen LogP contribution in [0.3, 0.4) is 0 Å². The van der Waals surface area contributed by atoms with E-state index in [1.54, 1.807) is 18.3 Å². The van der Waals surface area contributed by atoms with Gasteiger partial charge in [0.1, 0.15) is 16.0 Å². The molecule has 2 aromatic rings. The molecule has 7 heteroatoms. The van der Waals surface area contributed by atoms with Crippen LogP contribution in [0.1, 0.15) is 11.3 Å². The van der Waals surface area contributed by atoms with Gasteiger partial charge in [0.25, 0.3) is 0 Å². The highest BCUT2D eigenvalue weighted by molar-refractivity contribution is 6.53. The number of allylic oxidation sites excluding steroid dienone is 1. The number of pyridine rings is 1. The maximum atomic E-state index is 10.5. The van der Waals surface area contributed by atoms with Gasteiger partial charge in [0.15, 0.2) is 5.76 Å². The molecule has 0 fully saturated rings. The lowest BCUT2D eigenvalue weighted by molar-refractivity contribution is -0.402. The van der Waals surface area contributed by atoms with E-state index in [-0.39, 0.29) is 16.4 Å². The molecule has 0 unspecified atom stereocenters. The highest BCUT2D eigenvalue weighted by Crippen LogP contribution is 2.31. The van der Waals surface area contributed by atoms with Gasteiger partial charge in [-0.1, -0.05) is 17.7 Å². The summed E-state index contributed by atoms with van der Waals surface area (Å²) in [5, 5.41) is 19.7. The molecule has 0 N–H and O–H groups in total. The minimum Gasteiger partial charge on any atom is -0.400 e. The van der Waals surface area contributed by atoms with Crippen molar-refractivity contribution in [2.75, 3.05) is 0 Å². The molecular weight excluding hydrogens is 270 g/mol. The normalized spacial score (nSPS) is 11.6. The molecule has 0 aliphatic carbocycles. The first kappa shape index (κ1) is 12.8. The third-order valence-corrected chi connectivity index (χ3v) is 2.64. The molecule has 0 aliphatic rings. The van der Waals surface area contributed by atoms with Crippen molar-refractivity contribution in [3.8, 4) is 6.07 Å². The predicted molar refractivity (Wildman–Crippen MR) is 67.9 cm³/mol. The van der Waals surface area contributed by atoms with Gasteiger partial charge in [0, 0.05) is 18.0 Å². The monoisotopic (exact) mass is 275 g/mol. The van der Waals surface area contributed by atoms with Gasteiger partial charge in [-0.25, -0.2) is 0 Å². The van der Waals surface area contributed by atoms with Crippen LogP contribution in [-0.4, -0.2) is 9.91 Å². The van der Waals surface area contributed by atoms with Crippen LogP contribution < -0.4 is 0 Å². The molecule has 0 amide bonds. The molecule has 2 aromatic heterocycles. The van der Waals surface area contributed by atoms with E-state index in [4.69, 9.17) is 21.3 Å². The zero-order chi connectivity index (χ0) is 13.8. The fourth-order valence-corrected chi connectivity index (χ4v) is 1.67. The second-order valence-electron chi connectivity index (χ2n) is 3.44. The van der Waals surface area contributed by atoms with Crippen LogP contribution in [-0.2, 0) is 0 Å². The fraction of sp³-hybridized carbons (Fsp3) is 0. The lowest BCUT2D eigenvalue weighted by Crippen LogP contribution is -1.86. The van der Waals surface area contributed by atoms with Gasteiger partial charge in [0.05, 0.1) is 11.6 Å². The number of aromatic nitrogens is 1. The Balaban J connectivity index is 2.49. The Morgan fingerprint density at radius 1 is 1.47 bits per heavy atom. The third-order valence-electron chi connectivity index (χ3n) is 2.27. The van der Waals surface area contributed by atoms with E-state index in [0.29, 0.717) is 5.56 Å². The summed E-state index contributed by atoms with van der Waals surface area (Å²) in [6.45, 7) is 0. The minimum absolute atomic E-state index is 0.00333. The summed E-state index contributed by atoms with van der Waals surface area (Å²) in [5.41, 5.74) is 0.646. The number of rotatable bonds is 3. The quantitative estimate of drug-likeness (QED) is 0.487. The van der Waals surface area contributed by atoms with Crippen molar-refractivity contribution in [3.63, 3.8) is 0 Å². The molecule has 0 aliphatic heterocycles. The van der Waals surface area contributed by atoms with E-state index in [2.05, 4.69) is 4.98 Å². The van der Waals surface area contributed by atoms with E-state index in [0.717, 1.165) is 0 Å². The van der Waals surface area contributed by atoms with Crippen molar-refractivity contribution in [3.05, 3.63) is 58.1 Å². The Kier molecular flexibility index (Phi) is 3.59. The molecule has 0 saturated heterocycles. The molecule has 0 spiro atoms. The summed E-state index contributed by atoms with van der Waals surface area (Å²) >= 11 is 6.04. The number of halogens is 1. The number of hydrogen-bond acceptors (Lipinski definition) is 5. The van der Waals surface area contributed by atoms with E-state index in [1.165, 1.54) is 18.3 Å². The van der Waals surface area contributed by atoms with E-state index in [9.17, 15) is 10.1 Å². The maximum absolute atomic E-state index is 10.5. The third kappa shape index (κ3) is 2.61. The van der Waals surface area contributed by atoms with Gasteiger partial charge >= 0.3 is 5.88 Å². The summed E-state index contributed by atoms with van der Waals surface area (Å²) in [6.07, 6.45) is 3.03. The molecule has 19 heavy (non-hydrogen) atoms. The van der Waals surface area contributed by atoms with Gasteiger partial charge in [0.2, 0.25) is 0 Å². The summed E-state index contributed by atoms with van der Waals surface area (Å²) < 4.78 is 4.95. The zero-order valence-electron chi connectivity index (χ0n) is 9.41. The van der Waals surface area contributed by atoms with Gasteiger partial charge in [-0.05, 0) is 12.1 Å². The van der Waals surface area contributed by atoms with E-state index < -0.39 is 10.8 Å². The van der Waals surface area contributed by atoms with Crippen LogP contribution in [0.4, 0.5) is 5.88 Å². The van der Waals surface area contributed by atoms with Crippen LogP contribution in [0.15, 0.2) is 41.1 Å². The highest BCUT2D eigenvalue weighted by atomic mass is 35.5. The lowest BCUT2D eigenvalue weighted by atomic mass is 10.1. The van der Waals surface area contributed by atoms with Crippen LogP contribution in [0, 0.1) is 21.4 Å². The molecule has 0 bridgehead atoms. The number of furan rings is 1. The smallest absolute Gasteiger partial charge is 0.400 e. The van der Waals surface area contributed by atoms with E-state index >= 15 is 0 Å². The Morgan fingerprint density at radius 2 is 2.26 bits per heavy atom. The van der Waals surface area contributed by atoms with Crippen LogP contribution in [0.25, 0.3) is 10.6 Å². The molecule has 2 rings (SSSR count). The van der Waals surface area contributed by atoms with Crippen molar-refractivity contribution in [1.29, 1.82) is 5.26 Å². The first-order valence-electron chi connectivity index (χ1n) is 5.08. The van der Waals surface area contributed by atoms with Gasteiger partial charge < -0.3 is 4.42 Å². The number of nitriles is 1. The minimum atomic E-state index is -0.677. The Hall–Kier alpha value is -2.65. The van der Waals surface area contributed by atoms with Crippen LogP contribution >= 0.6 is 11.6 Å². The van der Waals surface area contributed by atoms with Gasteiger partial charge in [-0.15, -0.1) is 0 Å². The average Bonchev–Trinajstić information content (AvgIpc) is 2.90. The SMILES string of the molecule is N#C/C(=C(\Cl)c1ccc([N+](=O)[O-])o1)c1cccnc1. The molecule has 94 valence electrons. The van der Waals surface area contributed by atoms with Gasteiger partial charge in [-0.3, -0.25) is 15.1 Å². The molecular formula is C12H6ClN3O3. The maximum Gasteiger partial charge on any atom is 0.433 e. The second kappa shape index (κ2) is 5.33. The Morgan fingerprint density at radius 3 is 2.79 bits per heavy atom. The van der Waals surface area contributed by atoms with Crippen molar-refractivity contribution >= 4 is 28.1 Å². The lowest BCUT2D eigenvalue weighted by Gasteiger charge is -2.00. The van der Waals surface area contributed by atoms with Crippen molar-refractivity contribution in [2.45, 2.75) is 0 Å². The predicted octanol–water partition coefficient (Wildman–Crippen LogP) is 3.21. The largest absolute Gasteiger partial charge is 0.433 e. The Bertz CT molecular complexity index is 686. The number of hydrogen-bond donors (Lipinski definition) is 0. The van der Waals surface area contributed by atoms with Gasteiger partial charge in [-0.2, -0.15) is 5.26 Å². The van der Waals surface area contributed by atoms with E-state index in [1.807, 2.05) is 6.07 Å². The number of nitro groups is 1. The molecule has 6 nitrogen and oxygen atoms in total. The number of nitrogens with zero attached hydrogens (tertiary/aromatic N) is 3. The first-order valence-corrected chi connectivity index (χ1v) is 5.46. The standard InChI is InChI=1S/C12H6ClN3O3/c13-12(10-3-4-11(19-10)16(17)18)9(6-14)8-2-1-5-15-7-8/h1-5,7H/b12-9+. The second-order valence-corrected chi connectivity index (χ2v) is 3.82. The Labute approximate surface area is 112 Å². The summed E-state index contributed by atoms with van der Waals surface area (Å²) in [5.74, 6) is -0.370. The molecule has 0 aromatic carbocycles. The summed E-state index contributed by atoms with van der Waals surface area (Å²) in [4.78, 5) is 13.7. The van der Waals surface area contributed by atoms with Crippen molar-refractivity contribution in [2.24, 2.45) is 0 Å². The topological polar surface area (TPSA) is 93.0 Å². The first-order chi connectivity index (χ1) is 9.13. The molecule has 0 atom stereocenters. The fourth-order valence-electron chi connectivity index (χ4n) is 1.42. The zero-order valence-corrected chi connectivity index (χ0v) is 10.2. The van der Waals surface area contributed by atoms with Crippen molar-refractivity contribution < 1.29 is 9.34 Å². The van der Waals surface area contributed by atoms with Crippen LogP contribution in [0.5, 0.6) is 0 Å². The molecule has 0 radical (unpaired) electrons. The molecule has 0 saturated carbocycles. The average molecular weight is 276 g/mol.